The van der Waals surface area contributed by atoms with Crippen LogP contribution >= 0.6 is 11.8 Å². The third-order valence-corrected chi connectivity index (χ3v) is 3.74. The number of carboxylic acid groups (broad SMARTS) is 1. The molecule has 1 aromatic heterocycles. The fourth-order valence-corrected chi connectivity index (χ4v) is 2.81. The van der Waals surface area contributed by atoms with Crippen LogP contribution in [0.2, 0.25) is 0 Å². The Balaban J connectivity index is 2.28. The molecular weight excluding hydrogens is 258 g/mol. The molecule has 1 aliphatic heterocycles. The van der Waals surface area contributed by atoms with E-state index in [9.17, 15) is 14.9 Å². The standard InChI is InChI=1S/C10H11N3O4S/c14-10(15)6-3-8(13(16)17)9(11-4-6)12-7-1-2-18-5-7/h3-4,7H,1-2,5H2,(H,11,12)(H,14,15). The molecule has 0 radical (unpaired) electrons. The minimum absolute atomic E-state index is 0.137. The molecule has 1 aliphatic rings. The third-order valence-electron chi connectivity index (χ3n) is 2.58. The van der Waals surface area contributed by atoms with E-state index in [-0.39, 0.29) is 23.1 Å². The van der Waals surface area contributed by atoms with Gasteiger partial charge in [-0.25, -0.2) is 9.78 Å². The summed E-state index contributed by atoms with van der Waals surface area (Å²) in [6.07, 6.45) is 2.05. The summed E-state index contributed by atoms with van der Waals surface area (Å²) in [6.45, 7) is 0. The number of nitrogens with one attached hydrogen (secondary N) is 1. The zero-order chi connectivity index (χ0) is 13.1. The van der Waals surface area contributed by atoms with E-state index >= 15 is 0 Å². The molecule has 0 aliphatic carbocycles. The van der Waals surface area contributed by atoms with Crippen molar-refractivity contribution in [2.24, 2.45) is 0 Å². The van der Waals surface area contributed by atoms with Crippen LogP contribution < -0.4 is 5.32 Å². The van der Waals surface area contributed by atoms with Crippen molar-refractivity contribution in [2.45, 2.75) is 12.5 Å². The largest absolute Gasteiger partial charge is 0.478 e. The topological polar surface area (TPSA) is 105 Å². The monoisotopic (exact) mass is 269 g/mol. The molecule has 2 heterocycles. The molecule has 18 heavy (non-hydrogen) atoms. The Labute approximate surface area is 107 Å². The molecule has 0 amide bonds. The van der Waals surface area contributed by atoms with Crippen LogP contribution in [0.15, 0.2) is 12.3 Å². The van der Waals surface area contributed by atoms with Gasteiger partial charge in [0.25, 0.3) is 0 Å². The molecule has 96 valence electrons. The van der Waals surface area contributed by atoms with Crippen molar-refractivity contribution in [1.29, 1.82) is 0 Å². The summed E-state index contributed by atoms with van der Waals surface area (Å²) in [7, 11) is 0. The first kappa shape index (κ1) is 12.6. The van der Waals surface area contributed by atoms with Gasteiger partial charge in [0.1, 0.15) is 0 Å². The predicted octanol–water partition coefficient (Wildman–Crippen LogP) is 1.61. The van der Waals surface area contributed by atoms with Crippen molar-refractivity contribution in [1.82, 2.24) is 4.98 Å². The minimum Gasteiger partial charge on any atom is -0.478 e. The average molecular weight is 269 g/mol. The fourth-order valence-electron chi connectivity index (χ4n) is 1.66. The molecule has 0 aromatic carbocycles. The number of carboxylic acids is 1. The zero-order valence-corrected chi connectivity index (χ0v) is 10.1. The molecule has 1 atom stereocenters. The summed E-state index contributed by atoms with van der Waals surface area (Å²) in [5, 5.41) is 22.7. The van der Waals surface area contributed by atoms with Gasteiger partial charge in [0.15, 0.2) is 0 Å². The average Bonchev–Trinajstić information content (AvgIpc) is 2.81. The number of anilines is 1. The molecule has 2 N–H and O–H groups in total. The first-order valence-corrected chi connectivity index (χ1v) is 6.45. The maximum atomic E-state index is 10.9. The van der Waals surface area contributed by atoms with Gasteiger partial charge in [0.2, 0.25) is 5.82 Å². The summed E-state index contributed by atoms with van der Waals surface area (Å²) in [4.78, 5) is 24.9. The molecular formula is C10H11N3O4S. The highest BCUT2D eigenvalue weighted by Gasteiger charge is 2.23. The van der Waals surface area contributed by atoms with Crippen molar-refractivity contribution in [3.63, 3.8) is 0 Å². The van der Waals surface area contributed by atoms with E-state index in [2.05, 4.69) is 10.3 Å². The van der Waals surface area contributed by atoms with E-state index in [1.54, 1.807) is 11.8 Å². The number of aromatic nitrogens is 1. The lowest BCUT2D eigenvalue weighted by molar-refractivity contribution is -0.384. The number of aromatic carboxylic acids is 1. The van der Waals surface area contributed by atoms with Crippen LogP contribution in [0.1, 0.15) is 16.8 Å². The van der Waals surface area contributed by atoms with Crippen molar-refractivity contribution in [3.05, 3.63) is 27.9 Å². The van der Waals surface area contributed by atoms with E-state index in [0.717, 1.165) is 30.2 Å². The van der Waals surface area contributed by atoms with Crippen LogP contribution in [0.4, 0.5) is 11.5 Å². The van der Waals surface area contributed by atoms with Crippen molar-refractivity contribution < 1.29 is 14.8 Å². The quantitative estimate of drug-likeness (QED) is 0.631. The van der Waals surface area contributed by atoms with E-state index in [0.29, 0.717) is 0 Å². The van der Waals surface area contributed by atoms with Crippen molar-refractivity contribution >= 4 is 29.2 Å². The zero-order valence-electron chi connectivity index (χ0n) is 9.33. The maximum absolute atomic E-state index is 10.9. The molecule has 2 rings (SSSR count). The van der Waals surface area contributed by atoms with Crippen LogP contribution in [0, 0.1) is 10.1 Å². The van der Waals surface area contributed by atoms with E-state index < -0.39 is 10.9 Å². The highest BCUT2D eigenvalue weighted by molar-refractivity contribution is 7.99. The summed E-state index contributed by atoms with van der Waals surface area (Å²) < 4.78 is 0. The van der Waals surface area contributed by atoms with Gasteiger partial charge < -0.3 is 10.4 Å². The summed E-state index contributed by atoms with van der Waals surface area (Å²) in [5.41, 5.74) is -0.486. The van der Waals surface area contributed by atoms with E-state index in [1.165, 1.54) is 0 Å². The summed E-state index contributed by atoms with van der Waals surface area (Å²) in [5.74, 6) is 0.795. The Morgan fingerprint density at radius 3 is 3.00 bits per heavy atom. The molecule has 0 saturated carbocycles. The van der Waals surface area contributed by atoms with Crippen molar-refractivity contribution in [2.75, 3.05) is 16.8 Å². The SMILES string of the molecule is O=C(O)c1cnc(NC2CCSC2)c([N+](=O)[O-])c1. The molecule has 0 bridgehead atoms. The number of carbonyl (C=O) groups is 1. The Morgan fingerprint density at radius 1 is 1.67 bits per heavy atom. The number of thioether (sulfide) groups is 1. The van der Waals surface area contributed by atoms with Gasteiger partial charge in [0.05, 0.1) is 10.5 Å². The first-order valence-electron chi connectivity index (χ1n) is 5.30. The Hall–Kier alpha value is -1.83. The van der Waals surface area contributed by atoms with Gasteiger partial charge in [-0.1, -0.05) is 0 Å². The Bertz CT molecular complexity index is 488. The smallest absolute Gasteiger partial charge is 0.337 e. The summed E-state index contributed by atoms with van der Waals surface area (Å²) in [6, 6.07) is 1.18. The molecule has 1 saturated heterocycles. The third kappa shape index (κ3) is 2.70. The minimum atomic E-state index is -1.23. The Kier molecular flexibility index (Phi) is 3.66. The van der Waals surface area contributed by atoms with E-state index in [4.69, 9.17) is 5.11 Å². The van der Waals surface area contributed by atoms with Crippen LogP contribution in [0.25, 0.3) is 0 Å². The lowest BCUT2D eigenvalue weighted by Crippen LogP contribution is -2.20. The number of hydrogen-bond acceptors (Lipinski definition) is 6. The first-order chi connectivity index (χ1) is 8.58. The summed E-state index contributed by atoms with van der Waals surface area (Å²) >= 11 is 1.77. The normalized spacial score (nSPS) is 18.6. The number of hydrogen-bond donors (Lipinski definition) is 2. The highest BCUT2D eigenvalue weighted by Crippen LogP contribution is 2.27. The molecule has 1 fully saturated rings. The molecule has 1 aromatic rings. The molecule has 8 heteroatoms. The van der Waals surface area contributed by atoms with Gasteiger partial charge in [-0.15, -0.1) is 0 Å². The number of rotatable bonds is 4. The second-order valence-electron chi connectivity index (χ2n) is 3.86. The molecule has 1 unspecified atom stereocenters. The lowest BCUT2D eigenvalue weighted by atomic mass is 10.2. The van der Waals surface area contributed by atoms with Crippen LogP contribution in [0.5, 0.6) is 0 Å². The molecule has 0 spiro atoms. The van der Waals surface area contributed by atoms with Gasteiger partial charge in [-0.2, -0.15) is 11.8 Å². The molecule has 7 nitrogen and oxygen atoms in total. The lowest BCUT2D eigenvalue weighted by Gasteiger charge is -2.11. The predicted molar refractivity (Wildman–Crippen MR) is 67.2 cm³/mol. The van der Waals surface area contributed by atoms with E-state index in [1.807, 2.05) is 0 Å². The number of nitro groups is 1. The van der Waals surface area contributed by atoms with Crippen LogP contribution in [-0.4, -0.2) is 38.5 Å². The fraction of sp³-hybridized carbons (Fsp3) is 0.400. The van der Waals surface area contributed by atoms with Gasteiger partial charge in [0, 0.05) is 24.1 Å². The van der Waals surface area contributed by atoms with Crippen LogP contribution in [0.3, 0.4) is 0 Å². The van der Waals surface area contributed by atoms with Gasteiger partial charge in [-0.05, 0) is 12.2 Å². The highest BCUT2D eigenvalue weighted by atomic mass is 32.2. The maximum Gasteiger partial charge on any atom is 0.337 e. The van der Waals surface area contributed by atoms with Crippen LogP contribution in [-0.2, 0) is 0 Å². The van der Waals surface area contributed by atoms with Gasteiger partial charge in [-0.3, -0.25) is 10.1 Å². The number of pyridine rings is 1. The second-order valence-corrected chi connectivity index (χ2v) is 5.01. The number of nitrogens with zero attached hydrogens (tertiary/aromatic N) is 2. The van der Waals surface area contributed by atoms with Crippen molar-refractivity contribution in [3.8, 4) is 0 Å². The second kappa shape index (κ2) is 5.21. The van der Waals surface area contributed by atoms with Gasteiger partial charge >= 0.3 is 11.7 Å². The Morgan fingerprint density at radius 2 is 2.44 bits per heavy atom.